The molecule has 0 unspecified atom stereocenters. The zero-order chi connectivity index (χ0) is 29.6. The van der Waals surface area contributed by atoms with Gasteiger partial charge in [-0.25, -0.2) is 9.59 Å². The molecular formula is C25H29F6N3O6. The number of nitrogens with zero attached hydrogens (tertiary/aromatic N) is 3. The number of fused-ring (bicyclic) bond motifs is 2. The summed E-state index contributed by atoms with van der Waals surface area (Å²) in [6, 6.07) is 12.7. The predicted octanol–water partition coefficient (Wildman–Crippen LogP) is 3.28. The Morgan fingerprint density at radius 3 is 2.12 bits per heavy atom. The zero-order valence-electron chi connectivity index (χ0n) is 21.2. The zero-order valence-corrected chi connectivity index (χ0v) is 21.2. The van der Waals surface area contributed by atoms with Gasteiger partial charge < -0.3 is 19.7 Å². The van der Waals surface area contributed by atoms with Gasteiger partial charge in [0.1, 0.15) is 0 Å². The molecule has 15 heteroatoms. The van der Waals surface area contributed by atoms with E-state index in [2.05, 4.69) is 46.2 Å². The number of aromatic nitrogens is 1. The van der Waals surface area contributed by atoms with Crippen LogP contribution in [-0.2, 0) is 25.6 Å². The molecule has 3 aliphatic heterocycles. The van der Waals surface area contributed by atoms with Gasteiger partial charge in [-0.2, -0.15) is 26.3 Å². The van der Waals surface area contributed by atoms with E-state index in [0.29, 0.717) is 5.92 Å². The van der Waals surface area contributed by atoms with Crippen molar-refractivity contribution in [1.29, 1.82) is 0 Å². The lowest BCUT2D eigenvalue weighted by molar-refractivity contribution is -0.193. The average Bonchev–Trinajstić information content (AvgIpc) is 3.40. The number of pyridine rings is 1. The van der Waals surface area contributed by atoms with Crippen molar-refractivity contribution in [3.05, 3.63) is 42.1 Å². The van der Waals surface area contributed by atoms with E-state index in [1.54, 1.807) is 0 Å². The van der Waals surface area contributed by atoms with Crippen LogP contribution in [0.3, 0.4) is 0 Å². The van der Waals surface area contributed by atoms with E-state index in [9.17, 15) is 26.3 Å². The molecular weight excluding hydrogens is 552 g/mol. The molecule has 3 aliphatic rings. The van der Waals surface area contributed by atoms with Crippen LogP contribution in [0.25, 0.3) is 10.9 Å². The summed E-state index contributed by atoms with van der Waals surface area (Å²) in [4.78, 5) is 27.8. The second-order valence-corrected chi connectivity index (χ2v) is 9.73. The first-order valence-corrected chi connectivity index (χ1v) is 12.2. The van der Waals surface area contributed by atoms with Crippen LogP contribution in [0, 0.1) is 11.3 Å². The normalized spacial score (nSPS) is 23.5. The van der Waals surface area contributed by atoms with E-state index < -0.39 is 24.3 Å². The SMILES string of the molecule is O=C(O)C(F)(F)F.O=C(O)C(F)(F)F.c1ccc2nc(CN3C[C@@H]4COC[C@]4(CN4CCOCC4)C3)ccc2c1. The van der Waals surface area contributed by atoms with Gasteiger partial charge in [-0.3, -0.25) is 14.8 Å². The topological polar surface area (TPSA) is 112 Å². The van der Waals surface area contributed by atoms with Gasteiger partial charge in [-0.1, -0.05) is 24.3 Å². The van der Waals surface area contributed by atoms with E-state index in [1.165, 1.54) is 11.1 Å². The lowest BCUT2D eigenvalue weighted by Gasteiger charge is -2.36. The van der Waals surface area contributed by atoms with Crippen LogP contribution in [0.2, 0.25) is 0 Å². The van der Waals surface area contributed by atoms with Crippen molar-refractivity contribution in [2.45, 2.75) is 18.9 Å². The third-order valence-electron chi connectivity index (χ3n) is 6.76. The van der Waals surface area contributed by atoms with Crippen LogP contribution in [0.4, 0.5) is 26.3 Å². The fourth-order valence-electron chi connectivity index (χ4n) is 4.92. The van der Waals surface area contributed by atoms with Crippen molar-refractivity contribution in [3.8, 4) is 0 Å². The van der Waals surface area contributed by atoms with Gasteiger partial charge in [-0.15, -0.1) is 0 Å². The number of ether oxygens (including phenoxy) is 2. The molecule has 0 aliphatic carbocycles. The van der Waals surface area contributed by atoms with Crippen LogP contribution in [-0.4, -0.2) is 108 Å². The summed E-state index contributed by atoms with van der Waals surface area (Å²) in [5.74, 6) is -4.87. The van der Waals surface area contributed by atoms with Crippen LogP contribution in [0.15, 0.2) is 36.4 Å². The standard InChI is InChI=1S/C21H27N3O2.2C2HF3O2/c1-2-4-20-17(3-1)5-6-19(22-20)12-24-11-18-13-26-16-21(18,15-24)14-23-7-9-25-10-8-23;2*3-2(4,5)1(6)7/h1-6,18H,7-16H2;2*(H,6,7)/t18-,21+;;/m1../s1. The summed E-state index contributed by atoms with van der Waals surface area (Å²) in [6.45, 7) is 9.97. The summed E-state index contributed by atoms with van der Waals surface area (Å²) in [5.41, 5.74) is 2.55. The van der Waals surface area contributed by atoms with Crippen LogP contribution in [0.5, 0.6) is 0 Å². The quantitative estimate of drug-likeness (QED) is 0.526. The number of benzene rings is 1. The van der Waals surface area contributed by atoms with Gasteiger partial charge in [0, 0.05) is 56.0 Å². The summed E-state index contributed by atoms with van der Waals surface area (Å²) < 4.78 is 74.9. The summed E-state index contributed by atoms with van der Waals surface area (Å²) in [6.07, 6.45) is -10.2. The van der Waals surface area contributed by atoms with Crippen LogP contribution < -0.4 is 0 Å². The molecule has 5 rings (SSSR count). The van der Waals surface area contributed by atoms with Crippen molar-refractivity contribution in [1.82, 2.24) is 14.8 Å². The van der Waals surface area contributed by atoms with E-state index in [-0.39, 0.29) is 5.41 Å². The van der Waals surface area contributed by atoms with Gasteiger partial charge in [0.2, 0.25) is 0 Å². The number of para-hydroxylation sites is 1. The Bertz CT molecular complexity index is 1130. The number of hydrogen-bond acceptors (Lipinski definition) is 7. The molecule has 1 aromatic heterocycles. The van der Waals surface area contributed by atoms with Crippen molar-refractivity contribution < 1.29 is 55.6 Å². The highest BCUT2D eigenvalue weighted by molar-refractivity contribution is 5.78. The van der Waals surface area contributed by atoms with E-state index in [0.717, 1.165) is 71.2 Å². The second-order valence-electron chi connectivity index (χ2n) is 9.73. The Balaban J connectivity index is 0.000000263. The first-order chi connectivity index (χ1) is 18.7. The van der Waals surface area contributed by atoms with Crippen molar-refractivity contribution in [2.75, 3.05) is 59.2 Å². The number of carbonyl (C=O) groups is 2. The van der Waals surface area contributed by atoms with Crippen molar-refractivity contribution >= 4 is 22.8 Å². The number of carboxylic acid groups (broad SMARTS) is 2. The van der Waals surface area contributed by atoms with Crippen molar-refractivity contribution in [3.63, 3.8) is 0 Å². The first-order valence-electron chi connectivity index (χ1n) is 12.2. The van der Waals surface area contributed by atoms with Crippen molar-refractivity contribution in [2.24, 2.45) is 11.3 Å². The van der Waals surface area contributed by atoms with Gasteiger partial charge in [0.15, 0.2) is 0 Å². The molecule has 9 nitrogen and oxygen atoms in total. The highest BCUT2D eigenvalue weighted by atomic mass is 19.4. The monoisotopic (exact) mass is 581 g/mol. The fourth-order valence-corrected chi connectivity index (χ4v) is 4.92. The number of halogens is 6. The van der Waals surface area contributed by atoms with Gasteiger partial charge in [0.25, 0.3) is 0 Å². The molecule has 0 saturated carbocycles. The maximum absolute atomic E-state index is 10.6. The molecule has 2 N–H and O–H groups in total. The maximum Gasteiger partial charge on any atom is 0.490 e. The number of likely N-dealkylation sites (tertiary alicyclic amines) is 1. The lowest BCUT2D eigenvalue weighted by atomic mass is 9.80. The molecule has 3 saturated heterocycles. The molecule has 3 fully saturated rings. The molecule has 222 valence electrons. The molecule has 0 bridgehead atoms. The summed E-state index contributed by atoms with van der Waals surface area (Å²) in [7, 11) is 0. The molecule has 0 radical (unpaired) electrons. The maximum atomic E-state index is 10.6. The number of hydrogen-bond donors (Lipinski definition) is 2. The summed E-state index contributed by atoms with van der Waals surface area (Å²) >= 11 is 0. The first kappa shape index (κ1) is 31.5. The molecule has 0 amide bonds. The average molecular weight is 582 g/mol. The van der Waals surface area contributed by atoms with Crippen LogP contribution in [0.1, 0.15) is 5.69 Å². The third-order valence-corrected chi connectivity index (χ3v) is 6.76. The minimum atomic E-state index is -5.08. The highest BCUT2D eigenvalue weighted by Gasteiger charge is 2.51. The highest BCUT2D eigenvalue weighted by Crippen LogP contribution is 2.42. The van der Waals surface area contributed by atoms with Crippen LogP contribution >= 0.6 is 0 Å². The van der Waals surface area contributed by atoms with Gasteiger partial charge in [-0.05, 0) is 12.1 Å². The predicted molar refractivity (Wildman–Crippen MR) is 128 cm³/mol. The molecule has 0 spiro atoms. The summed E-state index contributed by atoms with van der Waals surface area (Å²) in [5, 5.41) is 15.5. The van der Waals surface area contributed by atoms with Gasteiger partial charge in [0.05, 0.1) is 37.6 Å². The lowest BCUT2D eigenvalue weighted by Crippen LogP contribution is -2.47. The molecule has 2 aromatic rings. The fraction of sp³-hybridized carbons (Fsp3) is 0.560. The van der Waals surface area contributed by atoms with Gasteiger partial charge >= 0.3 is 24.3 Å². The molecule has 4 heterocycles. The number of carboxylic acids is 2. The number of aliphatic carboxylic acids is 2. The number of alkyl halides is 6. The number of morpholine rings is 1. The molecule has 1 aromatic carbocycles. The Hall–Kier alpha value is -3.01. The van der Waals surface area contributed by atoms with E-state index >= 15 is 0 Å². The minimum Gasteiger partial charge on any atom is -0.475 e. The second kappa shape index (κ2) is 13.1. The largest absolute Gasteiger partial charge is 0.490 e. The Labute approximate surface area is 225 Å². The Kier molecular flexibility index (Phi) is 10.3. The smallest absolute Gasteiger partial charge is 0.475 e. The Morgan fingerprint density at radius 2 is 1.52 bits per heavy atom. The minimum absolute atomic E-state index is 0.286. The molecule has 40 heavy (non-hydrogen) atoms. The molecule has 2 atom stereocenters. The van der Waals surface area contributed by atoms with E-state index in [1.807, 2.05) is 0 Å². The Morgan fingerprint density at radius 1 is 0.925 bits per heavy atom. The van der Waals surface area contributed by atoms with E-state index in [4.69, 9.17) is 34.3 Å². The third kappa shape index (κ3) is 8.74. The number of rotatable bonds is 4.